The van der Waals surface area contributed by atoms with Gasteiger partial charge in [-0.3, -0.25) is 0 Å². The number of nitrogens with zero attached hydrogens (tertiary/aromatic N) is 1. The molecule has 0 spiro atoms. The minimum Gasteiger partial charge on any atom is -0.365 e. The summed E-state index contributed by atoms with van der Waals surface area (Å²) in [6, 6.07) is 10.5. The summed E-state index contributed by atoms with van der Waals surface area (Å²) in [4.78, 5) is 3.41. The number of benzene rings is 1. The molecule has 0 radical (unpaired) electrons. The second kappa shape index (κ2) is 6.72. The van der Waals surface area contributed by atoms with Crippen molar-refractivity contribution in [2.24, 2.45) is 0 Å². The van der Waals surface area contributed by atoms with E-state index in [0.717, 1.165) is 31.2 Å². The van der Waals surface area contributed by atoms with E-state index in [9.17, 15) is 0 Å². The van der Waals surface area contributed by atoms with Gasteiger partial charge in [0.15, 0.2) is 0 Å². The van der Waals surface area contributed by atoms with Crippen molar-refractivity contribution in [2.75, 3.05) is 19.6 Å². The van der Waals surface area contributed by atoms with Gasteiger partial charge in [0.2, 0.25) is 0 Å². The van der Waals surface area contributed by atoms with Crippen molar-refractivity contribution in [3.8, 4) is 0 Å². The Morgan fingerprint density at radius 3 is 2.53 bits per heavy atom. The van der Waals surface area contributed by atoms with Gasteiger partial charge in [0, 0.05) is 26.2 Å². The minimum absolute atomic E-state index is 0.824. The molecule has 1 aliphatic rings. The van der Waals surface area contributed by atoms with Crippen LogP contribution in [0, 0.1) is 0 Å². The molecule has 2 nitrogen and oxygen atoms in total. The molecule has 0 aromatic heterocycles. The second-order valence-corrected chi connectivity index (χ2v) is 5.00. The molecule has 1 fully saturated rings. The normalized spacial score (nSPS) is 15.9. The van der Waals surface area contributed by atoms with Crippen LogP contribution in [0.4, 0.5) is 0 Å². The van der Waals surface area contributed by atoms with Crippen molar-refractivity contribution in [3.05, 3.63) is 35.9 Å². The molecule has 1 aromatic carbocycles. The predicted octanol–water partition coefficient (Wildman–Crippen LogP) is 2.59. The Labute approximate surface area is 109 Å². The summed E-state index contributed by atoms with van der Waals surface area (Å²) in [5.41, 5.74) is 1.31. The zero-order valence-electron chi connectivity index (χ0n) is 10.2. The van der Waals surface area contributed by atoms with Crippen molar-refractivity contribution in [3.63, 3.8) is 0 Å². The van der Waals surface area contributed by atoms with Crippen LogP contribution in [0.15, 0.2) is 30.3 Å². The zero-order valence-corrected chi connectivity index (χ0v) is 11.0. The summed E-state index contributed by atoms with van der Waals surface area (Å²) < 4.78 is 0. The first-order valence-corrected chi connectivity index (χ1v) is 6.79. The van der Waals surface area contributed by atoms with Crippen molar-refractivity contribution in [1.29, 1.82) is 0 Å². The van der Waals surface area contributed by atoms with Crippen LogP contribution in [0.25, 0.3) is 0 Å². The van der Waals surface area contributed by atoms with Crippen molar-refractivity contribution >= 4 is 17.2 Å². The van der Waals surface area contributed by atoms with Gasteiger partial charge >= 0.3 is 0 Å². The van der Waals surface area contributed by atoms with E-state index in [1.54, 1.807) is 0 Å². The maximum Gasteiger partial charge on any atom is 0.0919 e. The highest BCUT2D eigenvalue weighted by Crippen LogP contribution is 2.09. The van der Waals surface area contributed by atoms with Crippen LogP contribution in [-0.2, 0) is 6.54 Å². The number of piperidine rings is 1. The number of rotatable bonds is 4. The van der Waals surface area contributed by atoms with Gasteiger partial charge in [0.1, 0.15) is 0 Å². The van der Waals surface area contributed by atoms with Gasteiger partial charge in [-0.05, 0) is 24.8 Å². The number of hydrogen-bond acceptors (Lipinski definition) is 2. The molecule has 1 N–H and O–H groups in total. The fourth-order valence-electron chi connectivity index (χ4n) is 2.16. The van der Waals surface area contributed by atoms with Crippen molar-refractivity contribution in [2.45, 2.75) is 25.8 Å². The summed E-state index contributed by atoms with van der Waals surface area (Å²) in [5.74, 6) is 0. The van der Waals surface area contributed by atoms with E-state index in [-0.39, 0.29) is 0 Å². The highest BCUT2D eigenvalue weighted by atomic mass is 32.1. The average Bonchev–Trinajstić information content (AvgIpc) is 2.41. The van der Waals surface area contributed by atoms with Crippen LogP contribution >= 0.6 is 12.2 Å². The van der Waals surface area contributed by atoms with Gasteiger partial charge in [-0.2, -0.15) is 0 Å². The number of nitrogens with one attached hydrogen (secondary N) is 1. The van der Waals surface area contributed by atoms with Gasteiger partial charge in [-0.1, -0.05) is 42.5 Å². The Hall–Kier alpha value is -0.930. The van der Waals surface area contributed by atoms with E-state index in [2.05, 4.69) is 34.5 Å². The van der Waals surface area contributed by atoms with Gasteiger partial charge in [-0.15, -0.1) is 0 Å². The van der Waals surface area contributed by atoms with Gasteiger partial charge in [0.05, 0.1) is 4.99 Å². The average molecular weight is 248 g/mol. The topological polar surface area (TPSA) is 15.3 Å². The van der Waals surface area contributed by atoms with Crippen molar-refractivity contribution in [1.82, 2.24) is 10.2 Å². The molecule has 0 aliphatic carbocycles. The number of hydrogen-bond donors (Lipinski definition) is 1. The van der Waals surface area contributed by atoms with E-state index in [4.69, 9.17) is 12.2 Å². The molecule has 1 aliphatic heterocycles. The molecular weight excluding hydrogens is 228 g/mol. The molecule has 0 atom stereocenters. The molecule has 1 heterocycles. The molecule has 0 saturated carbocycles. The lowest BCUT2D eigenvalue weighted by Gasteiger charge is -2.29. The first-order valence-electron chi connectivity index (χ1n) is 6.39. The minimum atomic E-state index is 0.824. The van der Waals surface area contributed by atoms with Crippen LogP contribution in [0.5, 0.6) is 0 Å². The monoisotopic (exact) mass is 248 g/mol. The van der Waals surface area contributed by atoms with E-state index in [1.165, 1.54) is 24.8 Å². The standard InChI is InChI=1S/C14H20N2S/c17-14(16-9-5-2-6-10-16)12-15-11-13-7-3-1-4-8-13/h1,3-4,7-8,15H,2,5-6,9-12H2. The molecule has 0 bridgehead atoms. The lowest BCUT2D eigenvalue weighted by molar-refractivity contribution is 0.342. The van der Waals surface area contributed by atoms with E-state index in [0.29, 0.717) is 0 Å². The summed E-state index contributed by atoms with van der Waals surface area (Å²) >= 11 is 5.45. The fourth-order valence-corrected chi connectivity index (χ4v) is 2.45. The Morgan fingerprint density at radius 2 is 1.82 bits per heavy atom. The largest absolute Gasteiger partial charge is 0.365 e. The molecule has 2 rings (SSSR count). The summed E-state index contributed by atoms with van der Waals surface area (Å²) in [7, 11) is 0. The molecule has 3 heteroatoms. The number of likely N-dealkylation sites (tertiary alicyclic amines) is 1. The molecule has 1 aromatic rings. The molecule has 0 unspecified atom stereocenters. The number of thiocarbonyl (C=S) groups is 1. The Kier molecular flexibility index (Phi) is 4.95. The third-order valence-electron chi connectivity index (χ3n) is 3.16. The van der Waals surface area contributed by atoms with Gasteiger partial charge in [0.25, 0.3) is 0 Å². The van der Waals surface area contributed by atoms with E-state index in [1.807, 2.05) is 6.07 Å². The summed E-state index contributed by atoms with van der Waals surface area (Å²) in [5, 5.41) is 3.42. The zero-order chi connectivity index (χ0) is 11.9. The van der Waals surface area contributed by atoms with Crippen molar-refractivity contribution < 1.29 is 0 Å². The maximum absolute atomic E-state index is 5.45. The third-order valence-corrected chi connectivity index (χ3v) is 3.56. The Balaban J connectivity index is 1.69. The molecule has 1 saturated heterocycles. The highest BCUT2D eigenvalue weighted by molar-refractivity contribution is 7.80. The van der Waals surface area contributed by atoms with Gasteiger partial charge in [-0.25, -0.2) is 0 Å². The molecule has 0 amide bonds. The van der Waals surface area contributed by atoms with Crippen LogP contribution in [-0.4, -0.2) is 29.5 Å². The Bertz CT molecular complexity index is 344. The van der Waals surface area contributed by atoms with E-state index < -0.39 is 0 Å². The van der Waals surface area contributed by atoms with E-state index >= 15 is 0 Å². The maximum atomic E-state index is 5.45. The summed E-state index contributed by atoms with van der Waals surface area (Å²) in [6.07, 6.45) is 3.94. The fraction of sp³-hybridized carbons (Fsp3) is 0.500. The quantitative estimate of drug-likeness (QED) is 0.825. The first kappa shape index (κ1) is 12.5. The SMILES string of the molecule is S=C(CNCc1ccccc1)N1CCCCC1. The highest BCUT2D eigenvalue weighted by Gasteiger charge is 2.12. The smallest absolute Gasteiger partial charge is 0.0919 e. The predicted molar refractivity (Wildman–Crippen MR) is 76.2 cm³/mol. The van der Waals surface area contributed by atoms with Crippen LogP contribution < -0.4 is 5.32 Å². The molecule has 17 heavy (non-hydrogen) atoms. The third kappa shape index (κ3) is 4.10. The molecule has 92 valence electrons. The van der Waals surface area contributed by atoms with Crippen LogP contribution in [0.1, 0.15) is 24.8 Å². The summed E-state index contributed by atoms with van der Waals surface area (Å²) in [6.45, 7) is 4.01. The van der Waals surface area contributed by atoms with Crippen LogP contribution in [0.2, 0.25) is 0 Å². The molecular formula is C14H20N2S. The second-order valence-electron chi connectivity index (χ2n) is 4.53. The van der Waals surface area contributed by atoms with Gasteiger partial charge < -0.3 is 10.2 Å². The van der Waals surface area contributed by atoms with Crippen LogP contribution in [0.3, 0.4) is 0 Å². The Morgan fingerprint density at radius 1 is 1.12 bits per heavy atom. The lowest BCUT2D eigenvalue weighted by atomic mass is 10.1. The lowest BCUT2D eigenvalue weighted by Crippen LogP contribution is -2.39. The first-order chi connectivity index (χ1) is 8.36.